The molecule has 0 unspecified atom stereocenters. The summed E-state index contributed by atoms with van der Waals surface area (Å²) in [5.74, 6) is -0.493. The lowest BCUT2D eigenvalue weighted by Gasteiger charge is -2.06. The third-order valence-electron chi connectivity index (χ3n) is 2.26. The van der Waals surface area contributed by atoms with Crippen LogP contribution < -0.4 is 0 Å². The van der Waals surface area contributed by atoms with E-state index in [0.717, 1.165) is 17.2 Å². The largest absolute Gasteiger partial charge is 0.508 e. The monoisotopic (exact) mass is 203 g/mol. The number of phenols is 1. The van der Waals surface area contributed by atoms with Crippen molar-refractivity contribution < 1.29 is 9.50 Å². The number of aromatic nitrogens is 1. The molecule has 2 rings (SSSR count). The standard InChI is InChI=1S/C12H10FNO/c1-8-7-14-5-4-10(8)11-3-2-9(15)6-12(11)13/h2-7,15H,1H3. The lowest BCUT2D eigenvalue weighted by molar-refractivity contribution is 0.469. The van der Waals surface area contributed by atoms with E-state index in [1.54, 1.807) is 24.5 Å². The van der Waals surface area contributed by atoms with Crippen LogP contribution in [-0.2, 0) is 0 Å². The average molecular weight is 203 g/mol. The first kappa shape index (κ1) is 9.65. The number of hydrogen-bond donors (Lipinski definition) is 1. The minimum absolute atomic E-state index is 0.0667. The van der Waals surface area contributed by atoms with E-state index in [0.29, 0.717) is 5.56 Å². The molecule has 76 valence electrons. The number of hydrogen-bond acceptors (Lipinski definition) is 2. The van der Waals surface area contributed by atoms with Gasteiger partial charge >= 0.3 is 0 Å². The van der Waals surface area contributed by atoms with Gasteiger partial charge in [-0.15, -0.1) is 0 Å². The fraction of sp³-hybridized carbons (Fsp3) is 0.0833. The number of halogens is 1. The molecule has 0 atom stereocenters. The number of benzene rings is 1. The Bertz CT molecular complexity index is 497. The van der Waals surface area contributed by atoms with E-state index in [4.69, 9.17) is 5.11 Å². The number of rotatable bonds is 1. The maximum Gasteiger partial charge on any atom is 0.134 e. The number of aromatic hydroxyl groups is 1. The second-order valence-corrected chi connectivity index (χ2v) is 3.35. The van der Waals surface area contributed by atoms with Crippen molar-refractivity contribution in [3.63, 3.8) is 0 Å². The number of aryl methyl sites for hydroxylation is 1. The molecule has 1 aromatic carbocycles. The van der Waals surface area contributed by atoms with Crippen LogP contribution in [0.1, 0.15) is 5.56 Å². The van der Waals surface area contributed by atoms with Crippen LogP contribution in [-0.4, -0.2) is 10.1 Å². The van der Waals surface area contributed by atoms with Crippen LogP contribution in [0.25, 0.3) is 11.1 Å². The van der Waals surface area contributed by atoms with Crippen molar-refractivity contribution in [1.29, 1.82) is 0 Å². The first-order valence-corrected chi connectivity index (χ1v) is 4.58. The van der Waals surface area contributed by atoms with E-state index >= 15 is 0 Å². The minimum Gasteiger partial charge on any atom is -0.508 e. The fourth-order valence-corrected chi connectivity index (χ4v) is 1.50. The third-order valence-corrected chi connectivity index (χ3v) is 2.26. The van der Waals surface area contributed by atoms with Crippen molar-refractivity contribution in [2.45, 2.75) is 6.92 Å². The summed E-state index contributed by atoms with van der Waals surface area (Å²) < 4.78 is 13.5. The minimum atomic E-state index is -0.427. The molecule has 0 amide bonds. The molecule has 0 bridgehead atoms. The van der Waals surface area contributed by atoms with Gasteiger partial charge in [-0.1, -0.05) is 0 Å². The summed E-state index contributed by atoms with van der Waals surface area (Å²) in [6.07, 6.45) is 3.30. The molecule has 0 aliphatic carbocycles. The molecule has 15 heavy (non-hydrogen) atoms. The molecule has 0 aliphatic rings. The molecular formula is C12H10FNO. The van der Waals surface area contributed by atoms with Gasteiger partial charge in [-0.2, -0.15) is 0 Å². The van der Waals surface area contributed by atoms with Crippen LogP contribution in [0.15, 0.2) is 36.7 Å². The van der Waals surface area contributed by atoms with Gasteiger partial charge in [0.2, 0.25) is 0 Å². The van der Waals surface area contributed by atoms with Crippen molar-refractivity contribution in [1.82, 2.24) is 4.98 Å². The van der Waals surface area contributed by atoms with Crippen molar-refractivity contribution in [2.75, 3.05) is 0 Å². The molecule has 1 N–H and O–H groups in total. The Morgan fingerprint density at radius 3 is 2.67 bits per heavy atom. The topological polar surface area (TPSA) is 33.1 Å². The predicted molar refractivity (Wildman–Crippen MR) is 56.0 cm³/mol. The molecule has 0 fully saturated rings. The molecule has 1 heterocycles. The van der Waals surface area contributed by atoms with Crippen LogP contribution in [0.3, 0.4) is 0 Å². The zero-order valence-electron chi connectivity index (χ0n) is 8.24. The molecule has 0 saturated heterocycles. The maximum absolute atomic E-state index is 13.5. The Hall–Kier alpha value is -1.90. The van der Waals surface area contributed by atoms with E-state index in [1.807, 2.05) is 6.92 Å². The summed E-state index contributed by atoms with van der Waals surface area (Å²) in [6, 6.07) is 5.89. The van der Waals surface area contributed by atoms with Crippen LogP contribution in [0, 0.1) is 12.7 Å². The van der Waals surface area contributed by atoms with Gasteiger partial charge in [-0.05, 0) is 36.2 Å². The van der Waals surface area contributed by atoms with Gasteiger partial charge in [0, 0.05) is 24.0 Å². The van der Waals surface area contributed by atoms with Crippen molar-refractivity contribution in [2.24, 2.45) is 0 Å². The van der Waals surface area contributed by atoms with Gasteiger partial charge in [-0.3, -0.25) is 4.98 Å². The zero-order valence-corrected chi connectivity index (χ0v) is 8.24. The number of nitrogens with zero attached hydrogens (tertiary/aromatic N) is 1. The van der Waals surface area contributed by atoms with Gasteiger partial charge in [-0.25, -0.2) is 4.39 Å². The molecule has 0 saturated carbocycles. The Morgan fingerprint density at radius 1 is 1.20 bits per heavy atom. The highest BCUT2D eigenvalue weighted by Gasteiger charge is 2.07. The SMILES string of the molecule is Cc1cnccc1-c1ccc(O)cc1F. The normalized spacial score (nSPS) is 10.3. The third kappa shape index (κ3) is 1.81. The first-order valence-electron chi connectivity index (χ1n) is 4.58. The van der Waals surface area contributed by atoms with E-state index in [1.165, 1.54) is 6.07 Å². The highest BCUT2D eigenvalue weighted by molar-refractivity contribution is 5.67. The summed E-state index contributed by atoms with van der Waals surface area (Å²) in [5, 5.41) is 9.10. The number of phenolic OH excluding ortho intramolecular Hbond substituents is 1. The summed E-state index contributed by atoms with van der Waals surface area (Å²) in [4.78, 5) is 3.95. The predicted octanol–water partition coefficient (Wildman–Crippen LogP) is 2.90. The molecular weight excluding hydrogens is 193 g/mol. The van der Waals surface area contributed by atoms with Crippen LogP contribution >= 0.6 is 0 Å². The van der Waals surface area contributed by atoms with Crippen LogP contribution in [0.5, 0.6) is 5.75 Å². The van der Waals surface area contributed by atoms with Gasteiger partial charge in [0.25, 0.3) is 0 Å². The van der Waals surface area contributed by atoms with Gasteiger partial charge in [0.15, 0.2) is 0 Å². The van der Waals surface area contributed by atoms with E-state index in [9.17, 15) is 4.39 Å². The molecule has 2 aromatic rings. The quantitative estimate of drug-likeness (QED) is 0.773. The zero-order chi connectivity index (χ0) is 10.8. The fourth-order valence-electron chi connectivity index (χ4n) is 1.50. The molecule has 0 radical (unpaired) electrons. The number of pyridine rings is 1. The van der Waals surface area contributed by atoms with E-state index in [-0.39, 0.29) is 5.75 Å². The lowest BCUT2D eigenvalue weighted by atomic mass is 10.0. The van der Waals surface area contributed by atoms with Crippen LogP contribution in [0.2, 0.25) is 0 Å². The highest BCUT2D eigenvalue weighted by Crippen LogP contribution is 2.27. The molecule has 1 aromatic heterocycles. The van der Waals surface area contributed by atoms with Crippen molar-refractivity contribution in [3.05, 3.63) is 48.0 Å². The molecule has 2 nitrogen and oxygen atoms in total. The van der Waals surface area contributed by atoms with E-state index < -0.39 is 5.82 Å². The first-order chi connectivity index (χ1) is 7.18. The summed E-state index contributed by atoms with van der Waals surface area (Å²) in [6.45, 7) is 1.87. The summed E-state index contributed by atoms with van der Waals surface area (Å²) in [7, 11) is 0. The van der Waals surface area contributed by atoms with Crippen LogP contribution in [0.4, 0.5) is 4.39 Å². The Labute approximate surface area is 87.0 Å². The smallest absolute Gasteiger partial charge is 0.134 e. The van der Waals surface area contributed by atoms with E-state index in [2.05, 4.69) is 4.98 Å². The maximum atomic E-state index is 13.5. The lowest BCUT2D eigenvalue weighted by Crippen LogP contribution is -1.88. The van der Waals surface area contributed by atoms with Gasteiger partial charge < -0.3 is 5.11 Å². The van der Waals surface area contributed by atoms with Gasteiger partial charge in [0.1, 0.15) is 11.6 Å². The summed E-state index contributed by atoms with van der Waals surface area (Å²) >= 11 is 0. The average Bonchev–Trinajstić information content (AvgIpc) is 2.20. The Kier molecular flexibility index (Phi) is 2.37. The Balaban J connectivity index is 2.60. The molecule has 0 aliphatic heterocycles. The second-order valence-electron chi connectivity index (χ2n) is 3.35. The van der Waals surface area contributed by atoms with Crippen molar-refractivity contribution >= 4 is 0 Å². The Morgan fingerprint density at radius 2 is 2.00 bits per heavy atom. The highest BCUT2D eigenvalue weighted by atomic mass is 19.1. The second kappa shape index (κ2) is 3.69. The molecule has 3 heteroatoms. The van der Waals surface area contributed by atoms with Gasteiger partial charge in [0.05, 0.1) is 0 Å². The van der Waals surface area contributed by atoms with Crippen molar-refractivity contribution in [3.8, 4) is 16.9 Å². The summed E-state index contributed by atoms with van der Waals surface area (Å²) in [5.41, 5.74) is 2.18. The molecule has 0 spiro atoms.